The maximum atomic E-state index is 5.91. The van der Waals surface area contributed by atoms with Crippen molar-refractivity contribution in [2.24, 2.45) is 4.99 Å². The minimum Gasteiger partial charge on any atom is -0.495 e. The van der Waals surface area contributed by atoms with E-state index < -0.39 is 0 Å². The molecule has 1 atom stereocenters. The van der Waals surface area contributed by atoms with Crippen molar-refractivity contribution >= 4 is 23.3 Å². The molecule has 0 bridgehead atoms. The summed E-state index contributed by atoms with van der Waals surface area (Å²) in [7, 11) is 5.86. The summed E-state index contributed by atoms with van der Waals surface area (Å²) in [5.74, 6) is 1.75. The van der Waals surface area contributed by atoms with Crippen LogP contribution in [0.1, 0.15) is 11.1 Å². The first kappa shape index (κ1) is 20.2. The molecule has 0 amide bonds. The van der Waals surface area contributed by atoms with Crippen LogP contribution in [0.15, 0.2) is 71.7 Å². The van der Waals surface area contributed by atoms with Crippen LogP contribution in [0.2, 0.25) is 0 Å². The van der Waals surface area contributed by atoms with E-state index in [0.717, 1.165) is 35.0 Å². The summed E-state index contributed by atoms with van der Waals surface area (Å²) < 4.78 is 11.7. The molecule has 2 aliphatic rings. The van der Waals surface area contributed by atoms with Gasteiger partial charge in [-0.1, -0.05) is 36.4 Å². The molecule has 2 aliphatic heterocycles. The van der Waals surface area contributed by atoms with Crippen LogP contribution in [0, 0.1) is 0 Å². The van der Waals surface area contributed by atoms with Crippen LogP contribution in [0.25, 0.3) is 0 Å². The number of fused-ring (bicyclic) bond motifs is 2. The molecule has 0 N–H and O–H groups in total. The van der Waals surface area contributed by atoms with Gasteiger partial charge >= 0.3 is 0 Å². The Hall–Kier alpha value is -3.67. The number of nitrogens with zero attached hydrogens (tertiary/aromatic N) is 4. The number of ether oxygens (including phenoxy) is 2. The molecule has 6 nitrogen and oxygen atoms in total. The first-order valence-electron chi connectivity index (χ1n) is 10.9. The second-order valence-corrected chi connectivity index (χ2v) is 8.22. The van der Waals surface area contributed by atoms with Crippen molar-refractivity contribution in [3.63, 3.8) is 0 Å². The van der Waals surface area contributed by atoms with Crippen LogP contribution in [0.3, 0.4) is 0 Å². The van der Waals surface area contributed by atoms with Gasteiger partial charge in [0.2, 0.25) is 0 Å². The average molecular weight is 429 g/mol. The van der Waals surface area contributed by atoms with Crippen molar-refractivity contribution in [1.29, 1.82) is 0 Å². The Kier molecular flexibility index (Phi) is 5.35. The molecule has 2 heterocycles. The number of anilines is 3. The van der Waals surface area contributed by atoms with E-state index in [0.29, 0.717) is 13.2 Å². The lowest BCUT2D eigenvalue weighted by molar-refractivity contribution is 0.298. The number of aliphatic imine (C=N–C) groups is 1. The maximum absolute atomic E-state index is 5.91. The van der Waals surface area contributed by atoms with Gasteiger partial charge in [0.05, 0.1) is 25.0 Å². The average Bonchev–Trinajstić information content (AvgIpc) is 2.83. The molecule has 32 heavy (non-hydrogen) atoms. The smallest absolute Gasteiger partial charge is 0.199 e. The van der Waals surface area contributed by atoms with Gasteiger partial charge in [-0.15, -0.1) is 0 Å². The zero-order valence-corrected chi connectivity index (χ0v) is 18.7. The molecule has 0 aromatic heterocycles. The van der Waals surface area contributed by atoms with Gasteiger partial charge in [0.1, 0.15) is 18.1 Å². The van der Waals surface area contributed by atoms with Gasteiger partial charge in [-0.2, -0.15) is 0 Å². The van der Waals surface area contributed by atoms with Crippen LogP contribution in [0.4, 0.5) is 17.1 Å². The van der Waals surface area contributed by atoms with E-state index in [9.17, 15) is 0 Å². The van der Waals surface area contributed by atoms with E-state index in [2.05, 4.69) is 65.2 Å². The Morgan fingerprint density at radius 1 is 1.06 bits per heavy atom. The van der Waals surface area contributed by atoms with Gasteiger partial charge in [-0.25, -0.2) is 4.99 Å². The predicted octanol–water partition coefficient (Wildman–Crippen LogP) is 4.38. The summed E-state index contributed by atoms with van der Waals surface area (Å²) in [6.07, 6.45) is 1.76. The van der Waals surface area contributed by atoms with E-state index in [1.165, 1.54) is 11.3 Å². The van der Waals surface area contributed by atoms with Gasteiger partial charge in [-0.05, 0) is 35.9 Å². The summed E-state index contributed by atoms with van der Waals surface area (Å²) in [5, 5.41) is 0. The van der Waals surface area contributed by atoms with E-state index in [1.54, 1.807) is 7.11 Å². The third kappa shape index (κ3) is 3.62. The predicted molar refractivity (Wildman–Crippen MR) is 131 cm³/mol. The largest absolute Gasteiger partial charge is 0.495 e. The third-order valence-electron chi connectivity index (χ3n) is 5.99. The molecular weight excluding hydrogens is 400 g/mol. The van der Waals surface area contributed by atoms with E-state index >= 15 is 0 Å². The highest BCUT2D eigenvalue weighted by molar-refractivity contribution is 5.93. The fourth-order valence-corrected chi connectivity index (χ4v) is 4.43. The summed E-state index contributed by atoms with van der Waals surface area (Å²) in [6.45, 7) is 2.10. The molecule has 0 saturated heterocycles. The highest BCUT2D eigenvalue weighted by Gasteiger charge is 2.34. The Balaban J connectivity index is 1.60. The molecule has 0 aliphatic carbocycles. The highest BCUT2D eigenvalue weighted by atomic mass is 16.5. The standard InChI is InChI=1S/C26H28N4O2/c1-28(2)21-10-6-8-19(16-21)18-30-25-20(9-7-13-24(25)31-3)17-27-26(30)29-14-15-32-23-12-5-4-11-22(23)29/h4-13,16-17,26H,14-15,18H2,1-3H3. The summed E-state index contributed by atoms with van der Waals surface area (Å²) in [4.78, 5) is 11.8. The van der Waals surface area contributed by atoms with Crippen molar-refractivity contribution < 1.29 is 9.47 Å². The fraction of sp³-hybridized carbons (Fsp3) is 0.269. The number of hydrogen-bond acceptors (Lipinski definition) is 6. The number of benzene rings is 3. The molecule has 0 radical (unpaired) electrons. The van der Waals surface area contributed by atoms with E-state index in [4.69, 9.17) is 14.5 Å². The molecule has 5 rings (SSSR count). The summed E-state index contributed by atoms with van der Waals surface area (Å²) >= 11 is 0. The fourth-order valence-electron chi connectivity index (χ4n) is 4.43. The highest BCUT2D eigenvalue weighted by Crippen LogP contribution is 2.40. The van der Waals surface area contributed by atoms with Gasteiger partial charge in [0.25, 0.3) is 0 Å². The van der Waals surface area contributed by atoms with Gasteiger partial charge in [0.15, 0.2) is 6.29 Å². The molecule has 1 unspecified atom stereocenters. The number of rotatable bonds is 5. The lowest BCUT2D eigenvalue weighted by atomic mass is 10.1. The first-order chi connectivity index (χ1) is 15.7. The molecule has 3 aromatic carbocycles. The van der Waals surface area contributed by atoms with Crippen molar-refractivity contribution in [2.75, 3.05) is 49.1 Å². The van der Waals surface area contributed by atoms with Crippen molar-refractivity contribution in [3.05, 3.63) is 77.9 Å². The maximum Gasteiger partial charge on any atom is 0.199 e. The van der Waals surface area contributed by atoms with Crippen molar-refractivity contribution in [1.82, 2.24) is 0 Å². The van der Waals surface area contributed by atoms with Crippen LogP contribution in [0.5, 0.6) is 11.5 Å². The zero-order valence-electron chi connectivity index (χ0n) is 18.7. The SMILES string of the molecule is COc1cccc2c1N(Cc1cccc(N(C)C)c1)C(N1CCOc3ccccc31)N=C2. The number of methoxy groups -OCH3 is 1. The van der Waals surface area contributed by atoms with Crippen molar-refractivity contribution in [2.45, 2.75) is 12.8 Å². The number of hydrogen-bond donors (Lipinski definition) is 0. The van der Waals surface area contributed by atoms with Crippen LogP contribution < -0.4 is 24.2 Å². The lowest BCUT2D eigenvalue weighted by Gasteiger charge is -2.44. The Morgan fingerprint density at radius 2 is 1.91 bits per heavy atom. The summed E-state index contributed by atoms with van der Waals surface area (Å²) in [6, 6.07) is 22.9. The number of para-hydroxylation sites is 3. The Labute approximate surface area is 189 Å². The molecule has 0 fully saturated rings. The normalized spacial score (nSPS) is 16.8. The van der Waals surface area contributed by atoms with Gasteiger partial charge in [0, 0.05) is 38.1 Å². The van der Waals surface area contributed by atoms with Gasteiger partial charge in [-0.3, -0.25) is 0 Å². The minimum atomic E-state index is -0.202. The second-order valence-electron chi connectivity index (χ2n) is 8.22. The van der Waals surface area contributed by atoms with Crippen LogP contribution >= 0.6 is 0 Å². The molecule has 3 aromatic rings. The first-order valence-corrected chi connectivity index (χ1v) is 10.9. The molecule has 164 valence electrons. The topological polar surface area (TPSA) is 40.5 Å². The molecular formula is C26H28N4O2. The quantitative estimate of drug-likeness (QED) is 0.603. The van der Waals surface area contributed by atoms with Crippen LogP contribution in [-0.4, -0.2) is 46.9 Å². The van der Waals surface area contributed by atoms with Gasteiger partial charge < -0.3 is 24.2 Å². The Bertz CT molecular complexity index is 1140. The lowest BCUT2D eigenvalue weighted by Crippen LogP contribution is -2.52. The van der Waals surface area contributed by atoms with E-state index in [1.807, 2.05) is 36.5 Å². The molecule has 0 saturated carbocycles. The minimum absolute atomic E-state index is 0.202. The monoisotopic (exact) mass is 428 g/mol. The van der Waals surface area contributed by atoms with Crippen molar-refractivity contribution in [3.8, 4) is 11.5 Å². The summed E-state index contributed by atoms with van der Waals surface area (Å²) in [5.41, 5.74) is 5.58. The zero-order chi connectivity index (χ0) is 22.1. The Morgan fingerprint density at radius 3 is 2.75 bits per heavy atom. The van der Waals surface area contributed by atoms with E-state index in [-0.39, 0.29) is 6.29 Å². The molecule has 0 spiro atoms. The third-order valence-corrected chi connectivity index (χ3v) is 5.99. The second kappa shape index (κ2) is 8.46. The molecule has 6 heteroatoms. The van der Waals surface area contributed by atoms with Crippen LogP contribution in [-0.2, 0) is 6.54 Å².